The van der Waals surface area contributed by atoms with Crippen molar-refractivity contribution in [2.45, 2.75) is 109 Å². The van der Waals surface area contributed by atoms with Gasteiger partial charge >= 0.3 is 18.0 Å². The van der Waals surface area contributed by atoms with Crippen LogP contribution >= 0.6 is 28.1 Å². The van der Waals surface area contributed by atoms with Gasteiger partial charge in [-0.05, 0) is 111 Å². The number of urea groups is 1. The molecule has 27 heteroatoms. The number of anilines is 1. The number of amides is 8. The molecule has 1 aliphatic rings. The lowest BCUT2D eigenvalue weighted by Crippen LogP contribution is -2.54. The fraction of sp³-hybridized carbons (Fsp3) is 0.500. The number of Topliss-reactive ketones (excluding diaryl/α,β-unsaturated/α-hetero) is 1. The molecule has 3 aromatic carbocycles. The summed E-state index contributed by atoms with van der Waals surface area (Å²) in [6.45, 7) is 4.51. The number of hydrogen-bond donors (Lipinski definition) is 10. The highest BCUT2D eigenvalue weighted by Gasteiger charge is 2.28. The molecule has 0 radical (unpaired) electrons. The number of unbranched alkanes of at least 4 members (excludes halogenated alkanes) is 3. The number of carboxylic acid groups (broad SMARTS) is 2. The SMILES string of the molecule is CC(=O)CC[C@@H](NC(=O)N[C@H](CCCCN(Cc1ccc(Br)cc1)C(=O)c1ccc(CNC(=O)CCCCCC(=S)Nc2ccc(CC3CN(CC(N)=O)CCN(CC(N)=O)CCN(CC(N)=O)CCN3CC(N)=O)cc2)cc1)C(=O)O)C(=O)O. The van der Waals surface area contributed by atoms with Crippen molar-refractivity contribution in [2.24, 2.45) is 22.9 Å². The van der Waals surface area contributed by atoms with Crippen molar-refractivity contribution < 1.29 is 58.2 Å². The first-order valence-corrected chi connectivity index (χ1v) is 29.5. The van der Waals surface area contributed by atoms with E-state index in [1.54, 1.807) is 29.2 Å². The Balaban J connectivity index is 1.25. The number of carboxylic acids is 2. The van der Waals surface area contributed by atoms with Crippen LogP contribution in [0.4, 0.5) is 10.5 Å². The summed E-state index contributed by atoms with van der Waals surface area (Å²) in [6, 6.07) is 18.1. The van der Waals surface area contributed by atoms with Crippen LogP contribution in [-0.2, 0) is 57.9 Å². The minimum absolute atomic E-state index is 0.00293. The number of thiocarbonyl (C=S) groups is 1. The number of aliphatic carboxylic acids is 2. The molecule has 464 valence electrons. The van der Waals surface area contributed by atoms with E-state index in [9.17, 15) is 58.2 Å². The van der Waals surface area contributed by atoms with Gasteiger partial charge in [0.1, 0.15) is 17.9 Å². The molecule has 25 nitrogen and oxygen atoms in total. The molecular formula is C58H82BrN13O12S. The minimum atomic E-state index is -1.38. The predicted octanol–water partition coefficient (Wildman–Crippen LogP) is 1.92. The molecule has 1 aliphatic heterocycles. The van der Waals surface area contributed by atoms with Crippen molar-refractivity contribution in [3.63, 3.8) is 0 Å². The summed E-state index contributed by atoms with van der Waals surface area (Å²) in [7, 11) is 0. The molecule has 0 spiro atoms. The van der Waals surface area contributed by atoms with Gasteiger partial charge in [0.25, 0.3) is 5.91 Å². The summed E-state index contributed by atoms with van der Waals surface area (Å²) in [5.74, 6) is -5.41. The normalized spacial score (nSPS) is 15.4. The van der Waals surface area contributed by atoms with Crippen molar-refractivity contribution in [1.29, 1.82) is 0 Å². The number of benzene rings is 3. The van der Waals surface area contributed by atoms with Gasteiger partial charge in [-0.25, -0.2) is 14.4 Å². The number of carbonyl (C=O) groups is 10. The highest BCUT2D eigenvalue weighted by atomic mass is 79.9. The van der Waals surface area contributed by atoms with Gasteiger partial charge in [0, 0.05) is 100 Å². The lowest BCUT2D eigenvalue weighted by Gasteiger charge is -2.38. The number of nitrogens with one attached hydrogen (secondary N) is 4. The molecule has 0 aromatic heterocycles. The Kier molecular flexibility index (Phi) is 30.6. The average molecular weight is 1270 g/mol. The number of hydrogen-bond acceptors (Lipinski definition) is 15. The second kappa shape index (κ2) is 37.1. The van der Waals surface area contributed by atoms with Gasteiger partial charge < -0.3 is 64.1 Å². The summed E-state index contributed by atoms with van der Waals surface area (Å²) < 4.78 is 0.865. The van der Waals surface area contributed by atoms with Gasteiger partial charge in [0.15, 0.2) is 0 Å². The van der Waals surface area contributed by atoms with E-state index in [-0.39, 0.29) is 88.7 Å². The zero-order valence-electron chi connectivity index (χ0n) is 48.1. The number of primary amides is 4. The molecule has 4 rings (SSSR count). The first-order valence-electron chi connectivity index (χ1n) is 28.3. The Hall–Kier alpha value is -7.43. The smallest absolute Gasteiger partial charge is 0.326 e. The molecule has 1 saturated heterocycles. The molecule has 85 heavy (non-hydrogen) atoms. The maximum absolute atomic E-state index is 13.9. The molecule has 1 fully saturated rings. The number of rotatable bonds is 34. The van der Waals surface area contributed by atoms with Crippen LogP contribution in [0.5, 0.6) is 0 Å². The fourth-order valence-corrected chi connectivity index (χ4v) is 10.1. The van der Waals surface area contributed by atoms with Crippen molar-refractivity contribution in [3.05, 3.63) is 99.5 Å². The zero-order chi connectivity index (χ0) is 62.4. The summed E-state index contributed by atoms with van der Waals surface area (Å²) in [5.41, 5.74) is 26.3. The monoisotopic (exact) mass is 1260 g/mol. The third kappa shape index (κ3) is 28.3. The highest BCUT2D eigenvalue weighted by molar-refractivity contribution is 9.10. The third-order valence-corrected chi connectivity index (χ3v) is 14.9. The predicted molar refractivity (Wildman–Crippen MR) is 326 cm³/mol. The summed E-state index contributed by atoms with van der Waals surface area (Å²) in [4.78, 5) is 133. The summed E-state index contributed by atoms with van der Waals surface area (Å²) in [6.07, 6.45) is 4.00. The van der Waals surface area contributed by atoms with Crippen LogP contribution in [0.3, 0.4) is 0 Å². The van der Waals surface area contributed by atoms with Gasteiger partial charge in [-0.3, -0.25) is 48.4 Å². The van der Waals surface area contributed by atoms with E-state index in [1.807, 2.05) is 68.1 Å². The van der Waals surface area contributed by atoms with Crippen LogP contribution in [0.2, 0.25) is 0 Å². The molecule has 1 heterocycles. The van der Waals surface area contributed by atoms with Crippen LogP contribution in [0, 0.1) is 0 Å². The topological polar surface area (TPSA) is 380 Å². The van der Waals surface area contributed by atoms with Gasteiger partial charge in [-0.15, -0.1) is 0 Å². The Bertz CT molecular complexity index is 2740. The van der Waals surface area contributed by atoms with E-state index in [1.165, 1.54) is 6.92 Å². The molecular weight excluding hydrogens is 1180 g/mol. The second-order valence-corrected chi connectivity index (χ2v) is 22.7. The zero-order valence-corrected chi connectivity index (χ0v) is 50.5. The maximum Gasteiger partial charge on any atom is 0.326 e. The lowest BCUT2D eigenvalue weighted by atomic mass is 10.0. The van der Waals surface area contributed by atoms with Crippen LogP contribution < -0.4 is 44.2 Å². The van der Waals surface area contributed by atoms with Crippen molar-refractivity contribution in [1.82, 2.24) is 40.4 Å². The van der Waals surface area contributed by atoms with E-state index >= 15 is 0 Å². The number of carbonyl (C=O) groups excluding carboxylic acids is 8. The van der Waals surface area contributed by atoms with Crippen LogP contribution in [0.25, 0.3) is 0 Å². The molecule has 0 saturated carbocycles. The van der Waals surface area contributed by atoms with Gasteiger partial charge in [0.05, 0.1) is 31.2 Å². The molecule has 0 aliphatic carbocycles. The van der Waals surface area contributed by atoms with Crippen LogP contribution in [0.15, 0.2) is 77.3 Å². The largest absolute Gasteiger partial charge is 0.480 e. The van der Waals surface area contributed by atoms with E-state index < -0.39 is 53.7 Å². The van der Waals surface area contributed by atoms with Gasteiger partial charge in [-0.2, -0.15) is 0 Å². The van der Waals surface area contributed by atoms with Gasteiger partial charge in [-0.1, -0.05) is 71.0 Å². The van der Waals surface area contributed by atoms with Crippen LogP contribution in [0.1, 0.15) is 98.2 Å². The van der Waals surface area contributed by atoms with Crippen molar-refractivity contribution in [3.8, 4) is 0 Å². The second-order valence-electron chi connectivity index (χ2n) is 21.2. The third-order valence-electron chi connectivity index (χ3n) is 14.1. The Morgan fingerprint density at radius 2 is 1.13 bits per heavy atom. The molecule has 1 unspecified atom stereocenters. The molecule has 3 atom stereocenters. The van der Waals surface area contributed by atoms with E-state index in [2.05, 4.69) is 37.2 Å². The Labute approximate surface area is 509 Å². The van der Waals surface area contributed by atoms with E-state index in [4.69, 9.17) is 35.2 Å². The minimum Gasteiger partial charge on any atom is -0.480 e. The van der Waals surface area contributed by atoms with Gasteiger partial charge in [0.2, 0.25) is 29.5 Å². The first-order chi connectivity index (χ1) is 40.4. The standard InChI is InChI=1S/C58H82BrN13O12S/c1-39(73)10-23-48(57(82)83)67-58(84)66-47(56(80)81)7-5-6-24-72(33-42-13-19-44(59)20-14-42)55(79)43-17-11-41(12-18-43)32-64-53(78)8-3-2-4-9-54(85)65-45-21-15-40(16-22-45)31-46-34-70(37-51(62)76)28-27-68(35-49(60)74)25-26-69(36-50(61)75)29-30-71(46)38-52(63)77/h11-22,46-48H,2-10,23-38H2,1H3,(H2,60,74)(H2,61,75)(H2,62,76)(H2,63,77)(H,64,78)(H,65,85)(H,80,81)(H,82,83)(H2,66,67,84)/t46?,47-,48-/m1/s1. The van der Waals surface area contributed by atoms with Crippen LogP contribution in [-0.4, -0.2) is 196 Å². The molecule has 0 bridgehead atoms. The average Bonchev–Trinajstić information content (AvgIpc) is 3.62. The Morgan fingerprint density at radius 1 is 0.612 bits per heavy atom. The quantitative estimate of drug-likeness (QED) is 0.0302. The summed E-state index contributed by atoms with van der Waals surface area (Å²) >= 11 is 9.10. The van der Waals surface area contributed by atoms with Crippen molar-refractivity contribution >= 4 is 98.0 Å². The number of halogens is 1. The fourth-order valence-electron chi connectivity index (χ4n) is 9.61. The summed E-state index contributed by atoms with van der Waals surface area (Å²) in [5, 5.41) is 30.0. The highest BCUT2D eigenvalue weighted by Crippen LogP contribution is 2.19. The van der Waals surface area contributed by atoms with Crippen molar-refractivity contribution in [2.75, 3.05) is 83.9 Å². The number of ketones is 1. The first kappa shape index (κ1) is 70.1. The molecule has 14 N–H and O–H groups in total. The number of nitrogens with zero attached hydrogens (tertiary/aromatic N) is 5. The lowest BCUT2D eigenvalue weighted by molar-refractivity contribution is -0.139. The Morgan fingerprint density at radius 3 is 1.69 bits per heavy atom. The molecule has 8 amide bonds. The van der Waals surface area contributed by atoms with E-state index in [0.29, 0.717) is 94.9 Å². The number of nitrogens with two attached hydrogens (primary N) is 4. The van der Waals surface area contributed by atoms with E-state index in [0.717, 1.165) is 39.7 Å². The maximum atomic E-state index is 13.9. The molecule has 3 aromatic rings.